The normalized spacial score (nSPS) is 10.7. The molecule has 2 N–H and O–H groups in total. The number of carbonyl (C=O) groups is 1. The number of aromatic nitrogens is 1. The predicted octanol–water partition coefficient (Wildman–Crippen LogP) is 2.66. The quantitative estimate of drug-likeness (QED) is 0.765. The summed E-state index contributed by atoms with van der Waals surface area (Å²) in [5.74, 6) is -1.66. The molecule has 5 heteroatoms. The molecule has 0 saturated heterocycles. The van der Waals surface area contributed by atoms with Crippen molar-refractivity contribution in [2.45, 2.75) is 0 Å². The zero-order valence-corrected chi connectivity index (χ0v) is 7.60. The fourth-order valence-corrected chi connectivity index (χ4v) is 1.48. The van der Waals surface area contributed by atoms with E-state index in [9.17, 15) is 9.18 Å². The maximum absolute atomic E-state index is 13.2. The summed E-state index contributed by atoms with van der Waals surface area (Å²) in [5.41, 5.74) is 0.0434. The minimum atomic E-state index is -1.14. The zero-order valence-electron chi connectivity index (χ0n) is 6.84. The number of aromatic amines is 1. The lowest BCUT2D eigenvalue weighted by Crippen LogP contribution is -1.95. The molecule has 1 heterocycles. The number of rotatable bonds is 1. The second-order valence-electron chi connectivity index (χ2n) is 2.81. The summed E-state index contributed by atoms with van der Waals surface area (Å²) in [6.45, 7) is 0. The first kappa shape index (κ1) is 9.02. The van der Waals surface area contributed by atoms with Gasteiger partial charge in [-0.15, -0.1) is 0 Å². The number of H-pyrrole nitrogens is 1. The van der Waals surface area contributed by atoms with Crippen molar-refractivity contribution >= 4 is 28.5 Å². The number of halogens is 2. The number of hydrogen-bond acceptors (Lipinski definition) is 1. The van der Waals surface area contributed by atoms with Crippen LogP contribution in [0.3, 0.4) is 0 Å². The van der Waals surface area contributed by atoms with Gasteiger partial charge in [0.2, 0.25) is 0 Å². The van der Waals surface area contributed by atoms with Crippen molar-refractivity contribution < 1.29 is 14.3 Å². The van der Waals surface area contributed by atoms with E-state index in [2.05, 4.69) is 4.98 Å². The Morgan fingerprint density at radius 2 is 2.21 bits per heavy atom. The summed E-state index contributed by atoms with van der Waals surface area (Å²) >= 11 is 5.77. The Labute approximate surface area is 83.1 Å². The smallest absolute Gasteiger partial charge is 0.352 e. The van der Waals surface area contributed by atoms with E-state index in [1.165, 1.54) is 18.2 Å². The summed E-state index contributed by atoms with van der Waals surface area (Å²) in [4.78, 5) is 13.0. The van der Waals surface area contributed by atoms with Crippen LogP contribution in [0.25, 0.3) is 10.9 Å². The number of fused-ring (bicyclic) bond motifs is 1. The first-order chi connectivity index (χ1) is 6.59. The molecule has 14 heavy (non-hydrogen) atoms. The van der Waals surface area contributed by atoms with E-state index >= 15 is 0 Å². The third kappa shape index (κ3) is 1.24. The largest absolute Gasteiger partial charge is 0.477 e. The molecule has 0 aliphatic rings. The molecule has 0 saturated carbocycles. The molecule has 2 aromatic rings. The van der Waals surface area contributed by atoms with E-state index in [1.54, 1.807) is 0 Å². The molecule has 0 atom stereocenters. The Balaban J connectivity index is 2.82. The van der Waals surface area contributed by atoms with Gasteiger partial charge in [-0.2, -0.15) is 0 Å². The summed E-state index contributed by atoms with van der Waals surface area (Å²) in [6, 6.07) is 3.88. The summed E-state index contributed by atoms with van der Waals surface area (Å²) in [5, 5.41) is 9.37. The van der Waals surface area contributed by atoms with E-state index < -0.39 is 11.8 Å². The molecule has 0 bridgehead atoms. The van der Waals surface area contributed by atoms with Crippen LogP contribution in [0.4, 0.5) is 4.39 Å². The van der Waals surface area contributed by atoms with Crippen molar-refractivity contribution in [2.24, 2.45) is 0 Å². The molecule has 1 aromatic heterocycles. The number of nitrogens with one attached hydrogen (secondary N) is 1. The number of aromatic carboxylic acids is 1. The predicted molar refractivity (Wildman–Crippen MR) is 50.2 cm³/mol. The van der Waals surface area contributed by atoms with Crippen LogP contribution in [0, 0.1) is 5.82 Å². The molecule has 0 aliphatic heterocycles. The molecular formula is C9H5ClFNO2. The second-order valence-corrected chi connectivity index (χ2v) is 3.21. The fraction of sp³-hybridized carbons (Fsp3) is 0. The number of benzene rings is 1. The van der Waals surface area contributed by atoms with Crippen molar-refractivity contribution in [3.8, 4) is 0 Å². The highest BCUT2D eigenvalue weighted by molar-refractivity contribution is 6.35. The molecule has 0 aliphatic carbocycles. The Morgan fingerprint density at radius 3 is 2.79 bits per heavy atom. The van der Waals surface area contributed by atoms with Gasteiger partial charge in [-0.05, 0) is 18.2 Å². The maximum atomic E-state index is 13.2. The zero-order chi connectivity index (χ0) is 10.3. The molecule has 1 aromatic carbocycles. The molecule has 0 fully saturated rings. The molecule has 0 radical (unpaired) electrons. The first-order valence-electron chi connectivity index (χ1n) is 3.79. The molecule has 0 amide bonds. The summed E-state index contributed by atoms with van der Waals surface area (Å²) < 4.78 is 13.2. The molecule has 72 valence electrons. The topological polar surface area (TPSA) is 53.1 Å². The lowest BCUT2D eigenvalue weighted by Gasteiger charge is -1.93. The van der Waals surface area contributed by atoms with Crippen molar-refractivity contribution in [1.29, 1.82) is 0 Å². The van der Waals surface area contributed by atoms with Crippen molar-refractivity contribution in [1.82, 2.24) is 4.98 Å². The molecular weight excluding hydrogens is 209 g/mol. The van der Waals surface area contributed by atoms with E-state index in [-0.39, 0.29) is 11.2 Å². The SMILES string of the molecule is O=C(O)c1cc2c(Cl)ccc(F)c2[nH]1. The average Bonchev–Trinajstić information content (AvgIpc) is 2.57. The van der Waals surface area contributed by atoms with E-state index in [0.29, 0.717) is 10.4 Å². The molecule has 2 rings (SSSR count). The van der Waals surface area contributed by atoms with Crippen LogP contribution in [0.1, 0.15) is 10.5 Å². The average molecular weight is 214 g/mol. The third-order valence-corrected chi connectivity index (χ3v) is 2.25. The van der Waals surface area contributed by atoms with Crippen molar-refractivity contribution in [2.75, 3.05) is 0 Å². The van der Waals surface area contributed by atoms with Crippen LogP contribution in [0.5, 0.6) is 0 Å². The fourth-order valence-electron chi connectivity index (χ4n) is 1.27. The van der Waals surface area contributed by atoms with Gasteiger partial charge in [0, 0.05) is 5.39 Å². The van der Waals surface area contributed by atoms with Crippen LogP contribution in [0.2, 0.25) is 5.02 Å². The number of carboxylic acid groups (broad SMARTS) is 1. The Kier molecular flexibility index (Phi) is 1.93. The van der Waals surface area contributed by atoms with Crippen LogP contribution >= 0.6 is 11.6 Å². The van der Waals surface area contributed by atoms with Crippen LogP contribution in [0.15, 0.2) is 18.2 Å². The first-order valence-corrected chi connectivity index (χ1v) is 4.17. The Hall–Kier alpha value is -1.55. The molecule has 3 nitrogen and oxygen atoms in total. The van der Waals surface area contributed by atoms with E-state index in [0.717, 1.165) is 0 Å². The van der Waals surface area contributed by atoms with Gasteiger partial charge in [0.15, 0.2) is 0 Å². The van der Waals surface area contributed by atoms with Crippen molar-refractivity contribution in [3.05, 3.63) is 34.7 Å². The highest BCUT2D eigenvalue weighted by Crippen LogP contribution is 2.26. The van der Waals surface area contributed by atoms with E-state index in [1.807, 2.05) is 0 Å². The maximum Gasteiger partial charge on any atom is 0.352 e. The molecule has 0 spiro atoms. The van der Waals surface area contributed by atoms with Gasteiger partial charge >= 0.3 is 5.97 Å². The molecule has 0 unspecified atom stereocenters. The van der Waals surface area contributed by atoms with Crippen molar-refractivity contribution in [3.63, 3.8) is 0 Å². The minimum Gasteiger partial charge on any atom is -0.477 e. The van der Waals surface area contributed by atoms with Gasteiger partial charge in [0.1, 0.15) is 11.5 Å². The third-order valence-electron chi connectivity index (χ3n) is 1.92. The van der Waals surface area contributed by atoms with Crippen LogP contribution in [-0.2, 0) is 0 Å². The highest BCUT2D eigenvalue weighted by Gasteiger charge is 2.12. The van der Waals surface area contributed by atoms with Crippen LogP contribution < -0.4 is 0 Å². The number of hydrogen-bond donors (Lipinski definition) is 2. The lowest BCUT2D eigenvalue weighted by molar-refractivity contribution is 0.0691. The van der Waals surface area contributed by atoms with Gasteiger partial charge in [-0.3, -0.25) is 0 Å². The van der Waals surface area contributed by atoms with Gasteiger partial charge in [0.25, 0.3) is 0 Å². The summed E-state index contributed by atoms with van der Waals surface area (Å²) in [6.07, 6.45) is 0. The minimum absolute atomic E-state index is 0.0769. The Bertz CT molecular complexity index is 482. The van der Waals surface area contributed by atoms with Gasteiger partial charge in [0.05, 0.1) is 10.5 Å². The second kappa shape index (κ2) is 2.99. The lowest BCUT2D eigenvalue weighted by atomic mass is 10.2. The monoisotopic (exact) mass is 213 g/mol. The standard InChI is InChI=1S/C9H5ClFNO2/c10-5-1-2-6(11)8-4(5)3-7(12-8)9(13)14/h1-3,12H,(H,13,14). The van der Waals surface area contributed by atoms with E-state index in [4.69, 9.17) is 16.7 Å². The van der Waals surface area contributed by atoms with Gasteiger partial charge in [-0.25, -0.2) is 9.18 Å². The summed E-state index contributed by atoms with van der Waals surface area (Å²) in [7, 11) is 0. The number of carboxylic acids is 1. The highest BCUT2D eigenvalue weighted by atomic mass is 35.5. The van der Waals surface area contributed by atoms with Gasteiger partial charge in [-0.1, -0.05) is 11.6 Å². The van der Waals surface area contributed by atoms with Gasteiger partial charge < -0.3 is 10.1 Å². The van der Waals surface area contributed by atoms with Crippen LogP contribution in [-0.4, -0.2) is 16.1 Å². The Morgan fingerprint density at radius 1 is 1.50 bits per heavy atom.